The Bertz CT molecular complexity index is 1020. The molecule has 1 saturated heterocycles. The van der Waals surface area contributed by atoms with Gasteiger partial charge in [0.05, 0.1) is 12.1 Å². The van der Waals surface area contributed by atoms with E-state index in [4.69, 9.17) is 0 Å². The highest BCUT2D eigenvalue weighted by molar-refractivity contribution is 5.79. The highest BCUT2D eigenvalue weighted by Crippen LogP contribution is 2.17. The van der Waals surface area contributed by atoms with Crippen molar-refractivity contribution in [2.45, 2.75) is 38.9 Å². The molecule has 3 aromatic rings. The third-order valence-electron chi connectivity index (χ3n) is 5.93. The van der Waals surface area contributed by atoms with Gasteiger partial charge in [-0.25, -0.2) is 4.39 Å². The van der Waals surface area contributed by atoms with Crippen LogP contribution in [-0.4, -0.2) is 57.4 Å². The number of halogens is 1. The van der Waals surface area contributed by atoms with E-state index < -0.39 is 0 Å². The van der Waals surface area contributed by atoms with E-state index >= 15 is 0 Å². The van der Waals surface area contributed by atoms with E-state index in [1.165, 1.54) is 31.4 Å². The van der Waals surface area contributed by atoms with Crippen LogP contribution in [0.3, 0.4) is 0 Å². The highest BCUT2D eigenvalue weighted by atomic mass is 19.1. The van der Waals surface area contributed by atoms with Crippen LogP contribution in [0.1, 0.15) is 24.8 Å². The van der Waals surface area contributed by atoms with Crippen LogP contribution in [0.4, 0.5) is 4.39 Å². The summed E-state index contributed by atoms with van der Waals surface area (Å²) in [4.78, 5) is 17.8. The van der Waals surface area contributed by atoms with E-state index in [1.807, 2.05) is 30.1 Å². The van der Waals surface area contributed by atoms with Crippen LogP contribution in [0.5, 0.6) is 0 Å². The van der Waals surface area contributed by atoms with Crippen molar-refractivity contribution < 1.29 is 4.39 Å². The van der Waals surface area contributed by atoms with Crippen LogP contribution in [-0.2, 0) is 19.6 Å². The molecule has 2 aromatic heterocycles. The first-order valence-electron chi connectivity index (χ1n) is 10.8. The first-order chi connectivity index (χ1) is 14.6. The van der Waals surface area contributed by atoms with Gasteiger partial charge in [-0.15, -0.1) is 0 Å². The molecule has 30 heavy (non-hydrogen) atoms. The molecule has 1 fully saturated rings. The molecule has 6 nitrogen and oxygen atoms in total. The summed E-state index contributed by atoms with van der Waals surface area (Å²) < 4.78 is 17.6. The lowest BCUT2D eigenvalue weighted by atomic mass is 10.1. The molecule has 1 aliphatic rings. The van der Waals surface area contributed by atoms with Crippen LogP contribution in [0.2, 0.25) is 0 Å². The zero-order valence-electron chi connectivity index (χ0n) is 17.6. The molecule has 4 rings (SSSR count). The molecule has 0 aliphatic carbocycles. The average molecular weight is 412 g/mol. The second-order valence-electron chi connectivity index (χ2n) is 8.24. The lowest BCUT2D eigenvalue weighted by molar-refractivity contribution is 0.220. The van der Waals surface area contributed by atoms with Gasteiger partial charge in [-0.2, -0.15) is 5.10 Å². The van der Waals surface area contributed by atoms with E-state index in [1.54, 1.807) is 16.8 Å². The summed E-state index contributed by atoms with van der Waals surface area (Å²) >= 11 is 0. The molecule has 0 spiro atoms. The number of fused-ring (bicyclic) bond motifs is 1. The zero-order valence-corrected chi connectivity index (χ0v) is 17.6. The lowest BCUT2D eigenvalue weighted by Gasteiger charge is -2.27. The van der Waals surface area contributed by atoms with Crippen molar-refractivity contribution >= 4 is 10.9 Å². The molecule has 1 aliphatic heterocycles. The predicted molar refractivity (Wildman–Crippen MR) is 117 cm³/mol. The molecule has 0 atom stereocenters. The van der Waals surface area contributed by atoms with Crippen LogP contribution in [0.15, 0.2) is 47.5 Å². The predicted octanol–water partition coefficient (Wildman–Crippen LogP) is 2.96. The Morgan fingerprint density at radius 3 is 2.70 bits per heavy atom. The van der Waals surface area contributed by atoms with E-state index in [0.29, 0.717) is 18.6 Å². The maximum absolute atomic E-state index is 13.9. The lowest BCUT2D eigenvalue weighted by Crippen LogP contribution is -2.36. The van der Waals surface area contributed by atoms with Gasteiger partial charge >= 0.3 is 0 Å². The van der Waals surface area contributed by atoms with Gasteiger partial charge in [0.15, 0.2) is 0 Å². The van der Waals surface area contributed by atoms with Crippen molar-refractivity contribution in [3.05, 3.63) is 64.5 Å². The smallest absolute Gasteiger partial charge is 0.255 e. The molecule has 0 saturated carbocycles. The Labute approximate surface area is 176 Å². The van der Waals surface area contributed by atoms with Crippen LogP contribution >= 0.6 is 0 Å². The number of aromatic nitrogens is 3. The summed E-state index contributed by atoms with van der Waals surface area (Å²) in [5.74, 6) is -0.308. The zero-order chi connectivity index (χ0) is 20.9. The average Bonchev–Trinajstić information content (AvgIpc) is 3.27. The molecule has 0 radical (unpaired) electrons. The largest absolute Gasteiger partial charge is 0.307 e. The molecule has 0 unspecified atom stereocenters. The fourth-order valence-electron chi connectivity index (χ4n) is 4.24. The molecule has 7 heteroatoms. The number of hydrogen-bond donors (Lipinski definition) is 0. The first kappa shape index (κ1) is 20.8. The minimum Gasteiger partial charge on any atom is -0.307 e. The quantitative estimate of drug-likeness (QED) is 0.572. The molecule has 3 heterocycles. The monoisotopic (exact) mass is 411 g/mol. The van der Waals surface area contributed by atoms with Crippen LogP contribution in [0.25, 0.3) is 10.9 Å². The van der Waals surface area contributed by atoms with Crippen molar-refractivity contribution in [2.75, 3.05) is 33.2 Å². The Balaban J connectivity index is 1.55. The van der Waals surface area contributed by atoms with Crippen molar-refractivity contribution in [3.63, 3.8) is 0 Å². The summed E-state index contributed by atoms with van der Waals surface area (Å²) in [6.45, 7) is 5.68. The summed E-state index contributed by atoms with van der Waals surface area (Å²) in [5.41, 5.74) is 1.41. The number of piperidine rings is 1. The molecule has 0 N–H and O–H groups in total. The Hall–Kier alpha value is -2.51. The molecule has 1 aromatic carbocycles. The maximum atomic E-state index is 13.9. The van der Waals surface area contributed by atoms with Gasteiger partial charge in [0.2, 0.25) is 0 Å². The van der Waals surface area contributed by atoms with Gasteiger partial charge in [-0.1, -0.05) is 6.42 Å². The van der Waals surface area contributed by atoms with E-state index in [9.17, 15) is 9.18 Å². The van der Waals surface area contributed by atoms with Gasteiger partial charge in [-0.05, 0) is 68.7 Å². The molecule has 0 bridgehead atoms. The van der Waals surface area contributed by atoms with E-state index in [0.717, 1.165) is 43.7 Å². The summed E-state index contributed by atoms with van der Waals surface area (Å²) in [7, 11) is 2.01. The van der Waals surface area contributed by atoms with Gasteiger partial charge in [0.1, 0.15) is 5.82 Å². The van der Waals surface area contributed by atoms with Crippen molar-refractivity contribution in [1.29, 1.82) is 0 Å². The van der Waals surface area contributed by atoms with Crippen molar-refractivity contribution in [3.8, 4) is 0 Å². The van der Waals surface area contributed by atoms with Crippen LogP contribution in [0, 0.1) is 5.82 Å². The van der Waals surface area contributed by atoms with Gasteiger partial charge in [-0.3, -0.25) is 9.48 Å². The number of likely N-dealkylation sites (tertiary alicyclic amines) is 1. The molecule has 0 amide bonds. The summed E-state index contributed by atoms with van der Waals surface area (Å²) in [6, 6.07) is 8.54. The second kappa shape index (κ2) is 9.53. The van der Waals surface area contributed by atoms with Gasteiger partial charge in [0.25, 0.3) is 5.56 Å². The Morgan fingerprint density at radius 2 is 1.93 bits per heavy atom. The van der Waals surface area contributed by atoms with E-state index in [2.05, 4.69) is 14.9 Å². The van der Waals surface area contributed by atoms with Gasteiger partial charge in [0, 0.05) is 44.1 Å². The number of hydrogen-bond acceptors (Lipinski definition) is 4. The molecular formula is C23H30FN5O. The molecular weight excluding hydrogens is 381 g/mol. The minimum atomic E-state index is -0.308. The highest BCUT2D eigenvalue weighted by Gasteiger charge is 2.15. The number of benzene rings is 1. The van der Waals surface area contributed by atoms with Crippen LogP contribution < -0.4 is 5.56 Å². The number of likely N-dealkylation sites (N-methyl/N-ethyl adjacent to an activating group) is 1. The standard InChI is InChI=1S/C23H30FN5O/c1-26(12-14-28-11-5-8-25-28)18-20-16-19-6-7-21(24)17-22(19)29(23(20)30)15-13-27-9-3-2-4-10-27/h5-8,11,16-17H,2-4,9-10,12-15,18H2,1H3. The second-order valence-corrected chi connectivity index (χ2v) is 8.24. The third-order valence-corrected chi connectivity index (χ3v) is 5.93. The number of pyridine rings is 1. The fourth-order valence-corrected chi connectivity index (χ4v) is 4.24. The maximum Gasteiger partial charge on any atom is 0.255 e. The normalized spacial score (nSPS) is 15.3. The first-order valence-corrected chi connectivity index (χ1v) is 10.8. The summed E-state index contributed by atoms with van der Waals surface area (Å²) in [5, 5.41) is 5.14. The Morgan fingerprint density at radius 1 is 1.10 bits per heavy atom. The third kappa shape index (κ3) is 4.96. The van der Waals surface area contributed by atoms with Crippen molar-refractivity contribution in [1.82, 2.24) is 24.1 Å². The van der Waals surface area contributed by atoms with E-state index in [-0.39, 0.29) is 11.4 Å². The number of nitrogens with zero attached hydrogens (tertiary/aromatic N) is 5. The summed E-state index contributed by atoms with van der Waals surface area (Å²) in [6.07, 6.45) is 7.41. The minimum absolute atomic E-state index is 0.0175. The molecule has 160 valence electrons. The Kier molecular flexibility index (Phi) is 6.59. The topological polar surface area (TPSA) is 46.3 Å². The van der Waals surface area contributed by atoms with Crippen molar-refractivity contribution in [2.24, 2.45) is 0 Å². The fraction of sp³-hybridized carbons (Fsp3) is 0.478. The number of rotatable bonds is 8. The van der Waals surface area contributed by atoms with Gasteiger partial charge < -0.3 is 14.4 Å². The SMILES string of the molecule is CN(CCn1cccn1)Cc1cc2ccc(F)cc2n(CCN2CCCCC2)c1=O.